The van der Waals surface area contributed by atoms with Gasteiger partial charge in [0, 0.05) is 12.3 Å². The van der Waals surface area contributed by atoms with Crippen LogP contribution in [0.5, 0.6) is 0 Å². The van der Waals surface area contributed by atoms with E-state index in [0.717, 1.165) is 32.2 Å². The van der Waals surface area contributed by atoms with Gasteiger partial charge in [-0.3, -0.25) is 0 Å². The summed E-state index contributed by atoms with van der Waals surface area (Å²) < 4.78 is 33.8. The molecule has 0 saturated heterocycles. The molecule has 20 heavy (non-hydrogen) atoms. The van der Waals surface area contributed by atoms with E-state index in [-0.39, 0.29) is 6.61 Å². The van der Waals surface area contributed by atoms with E-state index in [0.29, 0.717) is 30.0 Å². The smallest absolute Gasteiger partial charge is 0.261 e. The summed E-state index contributed by atoms with van der Waals surface area (Å²) in [5.41, 5.74) is 5.66. The third kappa shape index (κ3) is 4.49. The fraction of sp³-hybridized carbons (Fsp3) is 0.846. The van der Waals surface area contributed by atoms with Crippen molar-refractivity contribution in [3.05, 3.63) is 11.7 Å². The molecule has 0 atom stereocenters. The predicted octanol–water partition coefficient (Wildman–Crippen LogP) is 2.13. The summed E-state index contributed by atoms with van der Waals surface area (Å²) >= 11 is 0. The maximum absolute atomic E-state index is 11.9. The summed E-state index contributed by atoms with van der Waals surface area (Å²) in [6.45, 7) is 0.375. The minimum Gasteiger partial charge on any atom is -0.375 e. The van der Waals surface area contributed by atoms with Gasteiger partial charge in [-0.05, 0) is 38.1 Å². The summed E-state index contributed by atoms with van der Waals surface area (Å²) in [6, 6.07) is 0. The van der Waals surface area contributed by atoms with Crippen LogP contribution in [-0.4, -0.2) is 36.3 Å². The molecule has 0 bridgehead atoms. The van der Waals surface area contributed by atoms with Gasteiger partial charge in [0.1, 0.15) is 6.61 Å². The second-order valence-electron chi connectivity index (χ2n) is 5.22. The molecule has 1 aliphatic rings. The van der Waals surface area contributed by atoms with E-state index >= 15 is 0 Å². The summed E-state index contributed by atoms with van der Waals surface area (Å²) in [7, 11) is 0. The average Bonchev–Trinajstić information content (AvgIpc) is 2.92. The Hall–Kier alpha value is -1.08. The Balaban J connectivity index is 1.74. The highest BCUT2D eigenvalue weighted by Crippen LogP contribution is 2.34. The number of halogens is 2. The van der Waals surface area contributed by atoms with Crippen molar-refractivity contribution in [2.75, 3.05) is 19.8 Å². The molecule has 0 aromatic carbocycles. The van der Waals surface area contributed by atoms with Crippen LogP contribution in [0.2, 0.25) is 0 Å². The largest absolute Gasteiger partial charge is 0.375 e. The molecule has 0 radical (unpaired) electrons. The van der Waals surface area contributed by atoms with Gasteiger partial charge >= 0.3 is 0 Å². The van der Waals surface area contributed by atoms with Crippen molar-refractivity contribution in [1.29, 1.82) is 0 Å². The fourth-order valence-corrected chi connectivity index (χ4v) is 2.52. The van der Waals surface area contributed by atoms with Gasteiger partial charge in [0.05, 0.1) is 6.61 Å². The monoisotopic (exact) mass is 289 g/mol. The summed E-state index contributed by atoms with van der Waals surface area (Å²) in [5.74, 6) is 2.09. The van der Waals surface area contributed by atoms with Gasteiger partial charge in [0.15, 0.2) is 5.82 Å². The Morgan fingerprint density at radius 3 is 2.70 bits per heavy atom. The highest BCUT2D eigenvalue weighted by molar-refractivity contribution is 4.96. The normalized spacial score (nSPS) is 23.4. The quantitative estimate of drug-likeness (QED) is 0.778. The molecule has 0 unspecified atom stereocenters. The average molecular weight is 289 g/mol. The van der Waals surface area contributed by atoms with Crippen molar-refractivity contribution in [3.8, 4) is 0 Å². The van der Waals surface area contributed by atoms with Crippen molar-refractivity contribution in [2.24, 2.45) is 11.7 Å². The van der Waals surface area contributed by atoms with Gasteiger partial charge in [0.25, 0.3) is 6.43 Å². The molecule has 1 heterocycles. The van der Waals surface area contributed by atoms with Crippen molar-refractivity contribution in [3.63, 3.8) is 0 Å². The van der Waals surface area contributed by atoms with Gasteiger partial charge in [-0.15, -0.1) is 0 Å². The van der Waals surface area contributed by atoms with Crippen LogP contribution in [-0.2, 0) is 11.2 Å². The molecule has 5 nitrogen and oxygen atoms in total. The number of nitrogens with two attached hydrogens (primary N) is 1. The maximum Gasteiger partial charge on any atom is 0.261 e. The van der Waals surface area contributed by atoms with Gasteiger partial charge in [-0.2, -0.15) is 4.98 Å². The Morgan fingerprint density at radius 2 is 2.05 bits per heavy atom. The van der Waals surface area contributed by atoms with Gasteiger partial charge < -0.3 is 15.0 Å². The second-order valence-corrected chi connectivity index (χ2v) is 5.22. The number of hydrogen-bond acceptors (Lipinski definition) is 5. The Bertz CT molecular complexity index is 393. The van der Waals surface area contributed by atoms with Crippen molar-refractivity contribution >= 4 is 0 Å². The van der Waals surface area contributed by atoms with Crippen LogP contribution < -0.4 is 5.73 Å². The Kier molecular flexibility index (Phi) is 5.85. The van der Waals surface area contributed by atoms with E-state index in [1.54, 1.807) is 0 Å². The molecule has 2 N–H and O–H groups in total. The van der Waals surface area contributed by atoms with E-state index in [1.165, 1.54) is 0 Å². The molecule has 0 amide bonds. The fourth-order valence-electron chi connectivity index (χ4n) is 2.52. The lowest BCUT2D eigenvalue weighted by atomic mass is 9.82. The highest BCUT2D eigenvalue weighted by Gasteiger charge is 2.25. The molecule has 1 aromatic rings. The molecular formula is C13H21F2N3O2. The number of alkyl halides is 2. The van der Waals surface area contributed by atoms with Crippen molar-refractivity contribution in [1.82, 2.24) is 10.1 Å². The molecule has 1 aromatic heterocycles. The number of nitrogens with zero attached hydrogens (tertiary/aromatic N) is 2. The number of hydrogen-bond donors (Lipinski definition) is 1. The van der Waals surface area contributed by atoms with Crippen LogP contribution in [0.25, 0.3) is 0 Å². The van der Waals surface area contributed by atoms with Crippen LogP contribution in [0.1, 0.15) is 43.3 Å². The van der Waals surface area contributed by atoms with Crippen LogP contribution in [0.3, 0.4) is 0 Å². The molecule has 114 valence electrons. The molecule has 1 fully saturated rings. The van der Waals surface area contributed by atoms with E-state index in [9.17, 15) is 8.78 Å². The Morgan fingerprint density at radius 1 is 1.30 bits per heavy atom. The number of rotatable bonds is 7. The third-order valence-corrected chi connectivity index (χ3v) is 3.73. The van der Waals surface area contributed by atoms with Crippen LogP contribution in [0, 0.1) is 5.92 Å². The lowest BCUT2D eigenvalue weighted by Crippen LogP contribution is -2.20. The lowest BCUT2D eigenvalue weighted by Gasteiger charge is -2.24. The summed E-state index contributed by atoms with van der Waals surface area (Å²) in [4.78, 5) is 4.32. The highest BCUT2D eigenvalue weighted by atomic mass is 19.3. The van der Waals surface area contributed by atoms with Crippen molar-refractivity contribution < 1.29 is 18.0 Å². The summed E-state index contributed by atoms with van der Waals surface area (Å²) in [5, 5.41) is 3.87. The first-order valence-electron chi connectivity index (χ1n) is 7.07. The van der Waals surface area contributed by atoms with E-state index in [1.807, 2.05) is 0 Å². The molecular weight excluding hydrogens is 268 g/mol. The second kappa shape index (κ2) is 7.64. The van der Waals surface area contributed by atoms with E-state index < -0.39 is 13.0 Å². The maximum atomic E-state index is 11.9. The van der Waals surface area contributed by atoms with Gasteiger partial charge in [-0.25, -0.2) is 8.78 Å². The molecule has 0 spiro atoms. The van der Waals surface area contributed by atoms with E-state index in [4.69, 9.17) is 15.0 Å². The first-order valence-corrected chi connectivity index (χ1v) is 7.07. The van der Waals surface area contributed by atoms with Gasteiger partial charge in [-0.1, -0.05) is 5.16 Å². The minimum absolute atomic E-state index is 0.184. The number of aromatic nitrogens is 2. The molecule has 7 heteroatoms. The molecule has 0 aliphatic heterocycles. The van der Waals surface area contributed by atoms with Crippen LogP contribution in [0.15, 0.2) is 4.52 Å². The molecule has 2 rings (SSSR count). The first kappa shape index (κ1) is 15.3. The molecule has 1 aliphatic carbocycles. The summed E-state index contributed by atoms with van der Waals surface area (Å²) in [6.07, 6.45) is 2.19. The van der Waals surface area contributed by atoms with Gasteiger partial charge in [0.2, 0.25) is 5.89 Å². The van der Waals surface area contributed by atoms with Crippen LogP contribution >= 0.6 is 0 Å². The van der Waals surface area contributed by atoms with Crippen LogP contribution in [0.4, 0.5) is 8.78 Å². The zero-order chi connectivity index (χ0) is 14.4. The Labute approximate surface area is 116 Å². The third-order valence-electron chi connectivity index (χ3n) is 3.73. The predicted molar refractivity (Wildman–Crippen MR) is 68.6 cm³/mol. The minimum atomic E-state index is -2.44. The van der Waals surface area contributed by atoms with Crippen molar-refractivity contribution in [2.45, 2.75) is 44.4 Å². The standard InChI is InChI=1S/C13H21F2N3O2/c14-11(15)8-19-6-5-12-17-13(20-18-12)10-3-1-9(7-16)2-4-10/h9-11H,1-8,16H2. The topological polar surface area (TPSA) is 74.2 Å². The number of ether oxygens (including phenoxy) is 1. The first-order chi connectivity index (χ1) is 9.69. The SMILES string of the molecule is NCC1CCC(c2nc(CCOCC(F)F)no2)CC1. The molecule has 1 saturated carbocycles. The zero-order valence-corrected chi connectivity index (χ0v) is 11.4. The zero-order valence-electron chi connectivity index (χ0n) is 11.4. The lowest BCUT2D eigenvalue weighted by molar-refractivity contribution is 0.0182. The van der Waals surface area contributed by atoms with E-state index in [2.05, 4.69) is 10.1 Å².